The van der Waals surface area contributed by atoms with Crippen molar-refractivity contribution in [2.75, 3.05) is 0 Å². The smallest absolute Gasteiger partial charge is 0.163 e. The minimum Gasteiger partial charge on any atom is -0.294 e. The number of carbonyl (C=O) groups excluding carboxylic acids is 1. The van der Waals surface area contributed by atoms with Gasteiger partial charge in [-0.25, -0.2) is 0 Å². The van der Waals surface area contributed by atoms with Crippen LogP contribution in [-0.4, -0.2) is 5.78 Å². The molecule has 0 atom stereocenters. The van der Waals surface area contributed by atoms with Crippen molar-refractivity contribution in [3.8, 4) is 0 Å². The van der Waals surface area contributed by atoms with Crippen molar-refractivity contribution >= 4 is 17.4 Å². The van der Waals surface area contributed by atoms with Crippen molar-refractivity contribution in [2.24, 2.45) is 5.92 Å². The van der Waals surface area contributed by atoms with Gasteiger partial charge < -0.3 is 0 Å². The van der Waals surface area contributed by atoms with E-state index in [1.807, 2.05) is 13.8 Å². The highest BCUT2D eigenvalue weighted by molar-refractivity contribution is 6.30. The molecule has 1 aromatic rings. The molecule has 0 aliphatic heterocycles. The van der Waals surface area contributed by atoms with E-state index < -0.39 is 0 Å². The molecule has 0 aliphatic rings. The Morgan fingerprint density at radius 3 is 2.31 bits per heavy atom. The molecule has 70 valence electrons. The van der Waals surface area contributed by atoms with E-state index in [2.05, 4.69) is 0 Å². The van der Waals surface area contributed by atoms with Gasteiger partial charge in [-0.3, -0.25) is 4.79 Å². The highest BCUT2D eigenvalue weighted by Crippen LogP contribution is 2.13. The first-order chi connectivity index (χ1) is 6.09. The lowest BCUT2D eigenvalue weighted by atomic mass is 10.0. The van der Waals surface area contributed by atoms with Gasteiger partial charge in [-0.15, -0.1) is 0 Å². The van der Waals surface area contributed by atoms with Gasteiger partial charge >= 0.3 is 0 Å². The van der Waals surface area contributed by atoms with Crippen LogP contribution in [0.4, 0.5) is 0 Å². The summed E-state index contributed by atoms with van der Waals surface area (Å²) in [5, 5.41) is 0.668. The van der Waals surface area contributed by atoms with Crippen LogP contribution < -0.4 is 0 Å². The van der Waals surface area contributed by atoms with Crippen molar-refractivity contribution in [3.05, 3.63) is 34.9 Å². The lowest BCUT2D eigenvalue weighted by Gasteiger charge is -2.03. The summed E-state index contributed by atoms with van der Waals surface area (Å²) in [5.74, 6) is 0.592. The fourth-order valence-electron chi connectivity index (χ4n) is 1.12. The molecule has 0 radical (unpaired) electrons. The maximum atomic E-state index is 11.5. The summed E-state index contributed by atoms with van der Waals surface area (Å²) >= 11 is 5.71. The second-order valence-corrected chi connectivity index (χ2v) is 3.96. The molecule has 0 spiro atoms. The predicted octanol–water partition coefficient (Wildman–Crippen LogP) is 3.57. The molecule has 0 saturated carbocycles. The molecule has 0 bridgehead atoms. The lowest BCUT2D eigenvalue weighted by molar-refractivity contribution is 0.0968. The fraction of sp³-hybridized carbons (Fsp3) is 0.364. The number of hydrogen-bond donors (Lipinski definition) is 0. The Morgan fingerprint density at radius 1 is 1.31 bits per heavy atom. The highest BCUT2D eigenvalue weighted by atomic mass is 35.5. The van der Waals surface area contributed by atoms with Crippen molar-refractivity contribution in [2.45, 2.75) is 20.3 Å². The maximum absolute atomic E-state index is 11.5. The number of benzene rings is 1. The van der Waals surface area contributed by atoms with E-state index in [1.165, 1.54) is 0 Å². The molecule has 0 aromatic heterocycles. The van der Waals surface area contributed by atoms with Crippen LogP contribution in [0.1, 0.15) is 30.6 Å². The summed E-state index contributed by atoms with van der Waals surface area (Å²) in [6.45, 7) is 4.07. The average molecular weight is 197 g/mol. The minimum absolute atomic E-state index is 0.187. The molecule has 0 amide bonds. The van der Waals surface area contributed by atoms with Crippen LogP contribution in [0.15, 0.2) is 24.3 Å². The van der Waals surface area contributed by atoms with Gasteiger partial charge in [0.1, 0.15) is 0 Å². The third-order valence-electron chi connectivity index (χ3n) is 1.76. The quantitative estimate of drug-likeness (QED) is 0.676. The zero-order chi connectivity index (χ0) is 9.84. The van der Waals surface area contributed by atoms with Crippen LogP contribution in [0.2, 0.25) is 5.02 Å². The van der Waals surface area contributed by atoms with Crippen LogP contribution in [0, 0.1) is 5.92 Å². The van der Waals surface area contributed by atoms with Crippen LogP contribution in [0.3, 0.4) is 0 Å². The SMILES string of the molecule is CC(C)CC(=O)c1ccc(Cl)cc1. The zero-order valence-corrected chi connectivity index (χ0v) is 8.64. The number of Topliss-reactive ketones (excluding diaryl/α,β-unsaturated/α-hetero) is 1. The molecule has 0 saturated heterocycles. The largest absolute Gasteiger partial charge is 0.294 e. The molecule has 0 aliphatic carbocycles. The fourth-order valence-corrected chi connectivity index (χ4v) is 1.25. The standard InChI is InChI=1S/C11H13ClO/c1-8(2)7-11(13)9-3-5-10(12)6-4-9/h3-6,8H,7H2,1-2H3. The van der Waals surface area contributed by atoms with Gasteiger partial charge in [0, 0.05) is 17.0 Å². The van der Waals surface area contributed by atoms with Gasteiger partial charge in [0.05, 0.1) is 0 Å². The van der Waals surface area contributed by atoms with Gasteiger partial charge in [0.25, 0.3) is 0 Å². The van der Waals surface area contributed by atoms with Crippen LogP contribution >= 0.6 is 11.6 Å². The molecular formula is C11H13ClO. The van der Waals surface area contributed by atoms with Crippen LogP contribution in [0.25, 0.3) is 0 Å². The molecule has 13 heavy (non-hydrogen) atoms. The zero-order valence-electron chi connectivity index (χ0n) is 7.88. The molecule has 0 N–H and O–H groups in total. The predicted molar refractivity (Wildman–Crippen MR) is 55.2 cm³/mol. The third-order valence-corrected chi connectivity index (χ3v) is 2.01. The first-order valence-electron chi connectivity index (χ1n) is 4.38. The maximum Gasteiger partial charge on any atom is 0.163 e. The Kier molecular flexibility index (Phi) is 3.49. The molecule has 1 aromatic carbocycles. The Morgan fingerprint density at radius 2 is 1.85 bits per heavy atom. The first-order valence-corrected chi connectivity index (χ1v) is 4.76. The Bertz CT molecular complexity index is 287. The van der Waals surface area contributed by atoms with Crippen molar-refractivity contribution in [3.63, 3.8) is 0 Å². The van der Waals surface area contributed by atoms with E-state index in [0.29, 0.717) is 17.4 Å². The average Bonchev–Trinajstić information content (AvgIpc) is 2.04. The molecule has 2 heteroatoms. The molecule has 0 unspecified atom stereocenters. The van der Waals surface area contributed by atoms with E-state index in [1.54, 1.807) is 24.3 Å². The normalized spacial score (nSPS) is 10.5. The summed E-state index contributed by atoms with van der Waals surface area (Å²) in [6.07, 6.45) is 0.599. The molecule has 1 rings (SSSR count). The summed E-state index contributed by atoms with van der Waals surface area (Å²) in [4.78, 5) is 11.5. The van der Waals surface area contributed by atoms with Gasteiger partial charge in [0.15, 0.2) is 5.78 Å². The van der Waals surface area contributed by atoms with Gasteiger partial charge in [-0.1, -0.05) is 25.4 Å². The van der Waals surface area contributed by atoms with Gasteiger partial charge in [-0.05, 0) is 30.2 Å². The molecule has 0 heterocycles. The van der Waals surface area contributed by atoms with Crippen molar-refractivity contribution < 1.29 is 4.79 Å². The number of ketones is 1. The Hall–Kier alpha value is -0.820. The number of hydrogen-bond acceptors (Lipinski definition) is 1. The van der Waals surface area contributed by atoms with E-state index in [-0.39, 0.29) is 5.78 Å². The lowest BCUT2D eigenvalue weighted by Crippen LogP contribution is -2.02. The van der Waals surface area contributed by atoms with Gasteiger partial charge in [0.2, 0.25) is 0 Å². The summed E-state index contributed by atoms with van der Waals surface area (Å²) in [7, 11) is 0. The third kappa shape index (κ3) is 3.19. The highest BCUT2D eigenvalue weighted by Gasteiger charge is 2.07. The Balaban J connectivity index is 2.72. The minimum atomic E-state index is 0.187. The van der Waals surface area contributed by atoms with E-state index in [9.17, 15) is 4.79 Å². The molecule has 0 fully saturated rings. The van der Waals surface area contributed by atoms with Gasteiger partial charge in [-0.2, -0.15) is 0 Å². The van der Waals surface area contributed by atoms with E-state index >= 15 is 0 Å². The summed E-state index contributed by atoms with van der Waals surface area (Å²) in [6, 6.07) is 7.03. The topological polar surface area (TPSA) is 17.1 Å². The first kappa shape index (κ1) is 10.3. The second-order valence-electron chi connectivity index (χ2n) is 3.53. The summed E-state index contributed by atoms with van der Waals surface area (Å²) < 4.78 is 0. The number of rotatable bonds is 3. The molecular weight excluding hydrogens is 184 g/mol. The van der Waals surface area contributed by atoms with Crippen molar-refractivity contribution in [1.29, 1.82) is 0 Å². The number of halogens is 1. The van der Waals surface area contributed by atoms with E-state index in [0.717, 1.165) is 5.56 Å². The Labute approximate surface area is 83.7 Å². The number of carbonyl (C=O) groups is 1. The molecule has 1 nitrogen and oxygen atoms in total. The van der Waals surface area contributed by atoms with Crippen LogP contribution in [-0.2, 0) is 0 Å². The van der Waals surface area contributed by atoms with E-state index in [4.69, 9.17) is 11.6 Å². The van der Waals surface area contributed by atoms with Crippen LogP contribution in [0.5, 0.6) is 0 Å². The summed E-state index contributed by atoms with van der Waals surface area (Å²) in [5.41, 5.74) is 0.748. The second kappa shape index (κ2) is 4.43. The van der Waals surface area contributed by atoms with Crippen molar-refractivity contribution in [1.82, 2.24) is 0 Å². The monoisotopic (exact) mass is 196 g/mol.